The van der Waals surface area contributed by atoms with Crippen LogP contribution >= 0.6 is 34.8 Å². The van der Waals surface area contributed by atoms with E-state index in [1.165, 1.54) is 0 Å². The molecule has 0 radical (unpaired) electrons. The maximum atomic E-state index is 12.1. The van der Waals surface area contributed by atoms with Crippen LogP contribution < -0.4 is 5.32 Å². The molecule has 98 valence electrons. The van der Waals surface area contributed by atoms with Crippen molar-refractivity contribution < 1.29 is 4.79 Å². The molecule has 0 aromatic heterocycles. The Bertz CT molecular complexity index is 458. The van der Waals surface area contributed by atoms with Crippen molar-refractivity contribution >= 4 is 40.7 Å². The van der Waals surface area contributed by atoms with Crippen LogP contribution in [-0.2, 0) is 11.3 Å². The maximum Gasteiger partial charge on any atom is 0.229 e. The maximum absolute atomic E-state index is 12.1. The van der Waals surface area contributed by atoms with Gasteiger partial charge in [0.2, 0.25) is 5.91 Å². The van der Waals surface area contributed by atoms with Crippen LogP contribution in [0.25, 0.3) is 0 Å². The van der Waals surface area contributed by atoms with Crippen LogP contribution in [0.3, 0.4) is 0 Å². The smallest absolute Gasteiger partial charge is 0.229 e. The van der Waals surface area contributed by atoms with Crippen molar-refractivity contribution in [2.75, 3.05) is 0 Å². The largest absolute Gasteiger partial charge is 0.351 e. The minimum absolute atomic E-state index is 0.0787. The van der Waals surface area contributed by atoms with Gasteiger partial charge in [-0.3, -0.25) is 4.79 Å². The fourth-order valence-corrected chi connectivity index (χ4v) is 3.10. The molecule has 1 N–H and O–H groups in total. The number of hydrogen-bond acceptors (Lipinski definition) is 1. The topological polar surface area (TPSA) is 29.1 Å². The Balaban J connectivity index is 1.95. The van der Waals surface area contributed by atoms with Crippen molar-refractivity contribution in [3.63, 3.8) is 0 Å². The van der Waals surface area contributed by atoms with Gasteiger partial charge in [0, 0.05) is 11.6 Å². The van der Waals surface area contributed by atoms with E-state index >= 15 is 0 Å². The number of alkyl halides is 2. The summed E-state index contributed by atoms with van der Waals surface area (Å²) in [5, 5.41) is 3.56. The minimum atomic E-state index is -0.911. The third kappa shape index (κ3) is 2.47. The number of amides is 1. The average molecular weight is 307 g/mol. The van der Waals surface area contributed by atoms with Gasteiger partial charge in [-0.25, -0.2) is 0 Å². The SMILES string of the molecule is CCC1(C(=O)NCc2ccc(Cl)cc2)CC1(Cl)Cl. The molecule has 0 spiro atoms. The van der Waals surface area contributed by atoms with E-state index in [1.54, 1.807) is 12.1 Å². The second-order valence-electron chi connectivity index (χ2n) is 4.63. The summed E-state index contributed by atoms with van der Waals surface area (Å²) in [5.41, 5.74) is 0.372. The van der Waals surface area contributed by atoms with E-state index in [2.05, 4.69) is 5.32 Å². The lowest BCUT2D eigenvalue weighted by Crippen LogP contribution is -2.34. The lowest BCUT2D eigenvalue weighted by molar-refractivity contribution is -0.126. The van der Waals surface area contributed by atoms with Crippen LogP contribution in [-0.4, -0.2) is 10.2 Å². The average Bonchev–Trinajstić information content (AvgIpc) is 2.92. The van der Waals surface area contributed by atoms with E-state index in [4.69, 9.17) is 34.8 Å². The fourth-order valence-electron chi connectivity index (χ4n) is 2.08. The molecular weight excluding hydrogens is 293 g/mol. The Kier molecular flexibility index (Phi) is 3.82. The first-order chi connectivity index (χ1) is 8.41. The molecule has 0 bridgehead atoms. The van der Waals surface area contributed by atoms with Crippen molar-refractivity contribution in [1.82, 2.24) is 5.32 Å². The summed E-state index contributed by atoms with van der Waals surface area (Å²) in [4.78, 5) is 12.1. The van der Waals surface area contributed by atoms with E-state index in [-0.39, 0.29) is 5.91 Å². The van der Waals surface area contributed by atoms with Crippen molar-refractivity contribution in [3.05, 3.63) is 34.9 Å². The van der Waals surface area contributed by atoms with Crippen LogP contribution in [0.4, 0.5) is 0 Å². The van der Waals surface area contributed by atoms with E-state index in [0.29, 0.717) is 24.4 Å². The molecule has 2 rings (SSSR count). The standard InChI is InChI=1S/C13H14Cl3NO/c1-2-12(8-13(12,15)16)11(18)17-7-9-3-5-10(14)6-4-9/h3-6H,2,7-8H2,1H3,(H,17,18). The molecule has 2 nitrogen and oxygen atoms in total. The summed E-state index contributed by atoms with van der Waals surface area (Å²) in [5.74, 6) is -0.0787. The van der Waals surface area contributed by atoms with Crippen LogP contribution in [0.1, 0.15) is 25.3 Å². The Morgan fingerprint density at radius 1 is 1.33 bits per heavy atom. The molecule has 1 aliphatic carbocycles. The van der Waals surface area contributed by atoms with E-state index < -0.39 is 9.75 Å². The van der Waals surface area contributed by atoms with Gasteiger partial charge in [0.15, 0.2) is 0 Å². The van der Waals surface area contributed by atoms with Gasteiger partial charge in [-0.1, -0.05) is 30.7 Å². The highest BCUT2D eigenvalue weighted by atomic mass is 35.5. The second-order valence-corrected chi connectivity index (χ2v) is 6.55. The van der Waals surface area contributed by atoms with Crippen molar-refractivity contribution in [3.8, 4) is 0 Å². The number of carbonyl (C=O) groups excluding carboxylic acids is 1. The van der Waals surface area contributed by atoms with Crippen molar-refractivity contribution in [1.29, 1.82) is 0 Å². The number of halogens is 3. The van der Waals surface area contributed by atoms with Gasteiger partial charge >= 0.3 is 0 Å². The summed E-state index contributed by atoms with van der Waals surface area (Å²) in [6.07, 6.45) is 1.17. The lowest BCUT2D eigenvalue weighted by Gasteiger charge is -2.15. The molecule has 1 fully saturated rings. The predicted molar refractivity (Wildman–Crippen MR) is 75.1 cm³/mol. The normalized spacial score (nSPS) is 24.7. The third-order valence-corrected chi connectivity index (χ3v) is 4.75. The Hall–Kier alpha value is -0.440. The molecule has 1 unspecified atom stereocenters. The zero-order chi connectivity index (χ0) is 13.4. The monoisotopic (exact) mass is 305 g/mol. The fraction of sp³-hybridized carbons (Fsp3) is 0.462. The number of hydrogen-bond donors (Lipinski definition) is 1. The van der Waals surface area contributed by atoms with Crippen molar-refractivity contribution in [2.45, 2.75) is 30.6 Å². The predicted octanol–water partition coefficient (Wildman–Crippen LogP) is 3.93. The van der Waals surface area contributed by atoms with Gasteiger partial charge in [0.05, 0.1) is 5.41 Å². The number of benzene rings is 1. The summed E-state index contributed by atoms with van der Waals surface area (Å²) in [6, 6.07) is 7.35. The molecule has 0 saturated heterocycles. The molecule has 1 aromatic carbocycles. The molecule has 1 aliphatic rings. The van der Waals surface area contributed by atoms with E-state index in [0.717, 1.165) is 5.56 Å². The van der Waals surface area contributed by atoms with Gasteiger partial charge in [-0.2, -0.15) is 0 Å². The van der Waals surface area contributed by atoms with Gasteiger partial charge in [-0.05, 0) is 30.5 Å². The highest BCUT2D eigenvalue weighted by Gasteiger charge is 2.69. The zero-order valence-corrected chi connectivity index (χ0v) is 12.2. The summed E-state index contributed by atoms with van der Waals surface area (Å²) in [6.45, 7) is 2.38. The second kappa shape index (κ2) is 4.92. The highest BCUT2D eigenvalue weighted by Crippen LogP contribution is 2.66. The Morgan fingerprint density at radius 3 is 2.33 bits per heavy atom. The number of rotatable bonds is 4. The minimum Gasteiger partial charge on any atom is -0.351 e. The molecule has 5 heteroatoms. The van der Waals surface area contributed by atoms with Gasteiger partial charge in [0.1, 0.15) is 4.33 Å². The highest BCUT2D eigenvalue weighted by molar-refractivity contribution is 6.53. The summed E-state index contributed by atoms with van der Waals surface area (Å²) < 4.78 is -0.911. The van der Waals surface area contributed by atoms with Crippen LogP contribution in [0.2, 0.25) is 5.02 Å². The first-order valence-corrected chi connectivity index (χ1v) is 6.95. The van der Waals surface area contributed by atoms with E-state index in [1.807, 2.05) is 19.1 Å². The van der Waals surface area contributed by atoms with Gasteiger partial charge in [0.25, 0.3) is 0 Å². The Morgan fingerprint density at radius 2 is 1.89 bits per heavy atom. The van der Waals surface area contributed by atoms with E-state index in [9.17, 15) is 4.79 Å². The third-order valence-electron chi connectivity index (χ3n) is 3.50. The first kappa shape index (κ1) is 14.0. The van der Waals surface area contributed by atoms with Gasteiger partial charge in [-0.15, -0.1) is 23.2 Å². The summed E-state index contributed by atoms with van der Waals surface area (Å²) >= 11 is 17.9. The van der Waals surface area contributed by atoms with Crippen LogP contribution in [0.5, 0.6) is 0 Å². The molecule has 0 heterocycles. The van der Waals surface area contributed by atoms with Gasteiger partial charge < -0.3 is 5.32 Å². The number of nitrogens with one attached hydrogen (secondary N) is 1. The summed E-state index contributed by atoms with van der Waals surface area (Å²) in [7, 11) is 0. The zero-order valence-electron chi connectivity index (χ0n) is 9.97. The quantitative estimate of drug-likeness (QED) is 0.839. The molecule has 1 amide bonds. The lowest BCUT2D eigenvalue weighted by atomic mass is 10.0. The van der Waals surface area contributed by atoms with Crippen LogP contribution in [0, 0.1) is 5.41 Å². The molecule has 1 aromatic rings. The molecule has 1 atom stereocenters. The molecule has 0 aliphatic heterocycles. The molecule has 18 heavy (non-hydrogen) atoms. The first-order valence-electron chi connectivity index (χ1n) is 5.82. The number of carbonyl (C=O) groups is 1. The van der Waals surface area contributed by atoms with Crippen LogP contribution in [0.15, 0.2) is 24.3 Å². The Labute approximate surface area is 122 Å². The molecular formula is C13H14Cl3NO. The molecule has 1 saturated carbocycles. The van der Waals surface area contributed by atoms with Crippen molar-refractivity contribution in [2.24, 2.45) is 5.41 Å².